The van der Waals surface area contributed by atoms with E-state index in [1.54, 1.807) is 6.07 Å². The van der Waals surface area contributed by atoms with Crippen molar-refractivity contribution in [3.05, 3.63) is 41.3 Å². The summed E-state index contributed by atoms with van der Waals surface area (Å²) in [5.74, 6) is 0. The van der Waals surface area contributed by atoms with Crippen molar-refractivity contribution in [2.75, 3.05) is 0 Å². The first-order chi connectivity index (χ1) is 8.50. The van der Waals surface area contributed by atoms with Gasteiger partial charge in [0, 0.05) is 21.8 Å². The molecule has 1 heterocycles. The minimum atomic E-state index is -0.0266. The molecule has 0 bridgehead atoms. The normalized spacial score (nSPS) is 14.1. The molecule has 0 N–H and O–H groups in total. The molecule has 0 aliphatic heterocycles. The number of hydrogen-bond donors (Lipinski definition) is 0. The topological polar surface area (TPSA) is 13.1 Å². The summed E-state index contributed by atoms with van der Waals surface area (Å²) < 4.78 is 28.8. The third kappa shape index (κ3) is 1.25. The fourth-order valence-electron chi connectivity index (χ4n) is 1.64. The van der Waals surface area contributed by atoms with Gasteiger partial charge < -0.3 is 4.42 Å². The van der Waals surface area contributed by atoms with Crippen LogP contribution < -0.4 is 5.46 Å². The zero-order valence-corrected chi connectivity index (χ0v) is 8.35. The zero-order chi connectivity index (χ0) is 13.0. The number of furan rings is 1. The standard InChI is InChI=1S/C12H6BClO/c13-9-2-1-3-10-12(9)8-5-4-7(14)6-11(8)15-10/h1-6H/i2D,4D,6D. The van der Waals surface area contributed by atoms with Crippen LogP contribution in [0.1, 0.15) is 4.11 Å². The van der Waals surface area contributed by atoms with E-state index in [-0.39, 0.29) is 28.6 Å². The first kappa shape index (κ1) is 6.24. The van der Waals surface area contributed by atoms with Crippen molar-refractivity contribution in [2.24, 2.45) is 0 Å². The third-order valence-electron chi connectivity index (χ3n) is 2.28. The molecule has 0 atom stereocenters. The summed E-state index contributed by atoms with van der Waals surface area (Å²) in [6.07, 6.45) is 0. The Morgan fingerprint density at radius 2 is 2.13 bits per heavy atom. The summed E-state index contributed by atoms with van der Waals surface area (Å²) in [7, 11) is 5.86. The Morgan fingerprint density at radius 3 is 3.00 bits per heavy atom. The number of halogens is 1. The van der Waals surface area contributed by atoms with Crippen LogP contribution >= 0.6 is 11.6 Å². The summed E-state index contributed by atoms with van der Waals surface area (Å²) in [6, 6.07) is 4.89. The predicted molar refractivity (Wildman–Crippen MR) is 64.1 cm³/mol. The first-order valence-corrected chi connectivity index (χ1v) is 4.75. The molecular weight excluding hydrogens is 206 g/mol. The lowest BCUT2D eigenvalue weighted by Gasteiger charge is -1.94. The Morgan fingerprint density at radius 1 is 1.27 bits per heavy atom. The molecule has 0 amide bonds. The van der Waals surface area contributed by atoms with Gasteiger partial charge in [0.15, 0.2) is 0 Å². The van der Waals surface area contributed by atoms with Crippen LogP contribution in [-0.4, -0.2) is 7.85 Å². The van der Waals surface area contributed by atoms with Gasteiger partial charge >= 0.3 is 0 Å². The van der Waals surface area contributed by atoms with Gasteiger partial charge in [0.2, 0.25) is 0 Å². The molecule has 3 aromatic rings. The molecule has 3 heteroatoms. The molecule has 0 aliphatic rings. The van der Waals surface area contributed by atoms with Crippen LogP contribution in [0.4, 0.5) is 0 Å². The molecule has 0 saturated heterocycles. The molecular formula is C12H6BClO. The molecule has 1 aromatic heterocycles. The fourth-order valence-corrected chi connectivity index (χ4v) is 1.78. The second-order valence-electron chi connectivity index (χ2n) is 3.20. The van der Waals surface area contributed by atoms with Crippen molar-refractivity contribution < 1.29 is 8.53 Å². The van der Waals surface area contributed by atoms with Crippen LogP contribution in [-0.2, 0) is 0 Å². The fraction of sp³-hybridized carbons (Fsp3) is 0. The molecule has 0 spiro atoms. The summed E-state index contributed by atoms with van der Waals surface area (Å²) in [6.45, 7) is 0. The number of hydrogen-bond acceptors (Lipinski definition) is 1. The predicted octanol–water partition coefficient (Wildman–Crippen LogP) is 3.03. The van der Waals surface area contributed by atoms with E-state index in [1.807, 2.05) is 0 Å². The molecule has 0 unspecified atom stereocenters. The average Bonchev–Trinajstić information content (AvgIpc) is 2.70. The van der Waals surface area contributed by atoms with E-state index in [4.69, 9.17) is 28.0 Å². The highest BCUT2D eigenvalue weighted by Crippen LogP contribution is 2.28. The van der Waals surface area contributed by atoms with Gasteiger partial charge in [-0.3, -0.25) is 0 Å². The van der Waals surface area contributed by atoms with Crippen LogP contribution in [0.3, 0.4) is 0 Å². The van der Waals surface area contributed by atoms with Gasteiger partial charge in [-0.15, -0.1) is 0 Å². The van der Waals surface area contributed by atoms with Crippen molar-refractivity contribution in [3.8, 4) is 0 Å². The Kier molecular flexibility index (Phi) is 1.26. The molecule has 0 aliphatic carbocycles. The second kappa shape index (κ2) is 3.04. The van der Waals surface area contributed by atoms with E-state index in [0.29, 0.717) is 21.9 Å². The maximum Gasteiger partial charge on any atom is 0.136 e. The summed E-state index contributed by atoms with van der Waals surface area (Å²) in [4.78, 5) is 0. The zero-order valence-electron chi connectivity index (χ0n) is 10.6. The quantitative estimate of drug-likeness (QED) is 0.525. The van der Waals surface area contributed by atoms with Gasteiger partial charge in [-0.25, -0.2) is 0 Å². The lowest BCUT2D eigenvalue weighted by molar-refractivity contribution is 0.669. The van der Waals surface area contributed by atoms with Gasteiger partial charge in [0.25, 0.3) is 0 Å². The molecule has 15 heavy (non-hydrogen) atoms. The number of fused-ring (bicyclic) bond motifs is 3. The largest absolute Gasteiger partial charge is 0.456 e. The van der Waals surface area contributed by atoms with E-state index in [0.717, 1.165) is 0 Å². The van der Waals surface area contributed by atoms with Crippen LogP contribution in [0, 0.1) is 0 Å². The van der Waals surface area contributed by atoms with Crippen LogP contribution in [0.15, 0.2) is 40.7 Å². The molecule has 0 fully saturated rings. The highest BCUT2D eigenvalue weighted by molar-refractivity contribution is 6.41. The summed E-state index contributed by atoms with van der Waals surface area (Å²) in [5, 5.41) is 1.17. The van der Waals surface area contributed by atoms with E-state index < -0.39 is 0 Å². The first-order valence-electron chi connectivity index (χ1n) is 5.87. The molecule has 70 valence electrons. The van der Waals surface area contributed by atoms with Crippen LogP contribution in [0.5, 0.6) is 0 Å². The smallest absolute Gasteiger partial charge is 0.136 e. The minimum absolute atomic E-state index is 0.0266. The monoisotopic (exact) mass is 215 g/mol. The van der Waals surface area contributed by atoms with E-state index in [9.17, 15) is 0 Å². The lowest BCUT2D eigenvalue weighted by atomic mass is 9.91. The van der Waals surface area contributed by atoms with Crippen LogP contribution in [0.2, 0.25) is 5.02 Å². The molecule has 2 aromatic carbocycles. The van der Waals surface area contributed by atoms with Crippen molar-refractivity contribution in [1.29, 1.82) is 0 Å². The van der Waals surface area contributed by atoms with E-state index in [2.05, 4.69) is 0 Å². The Hall–Kier alpha value is -1.41. The highest BCUT2D eigenvalue weighted by atomic mass is 35.5. The Labute approximate surface area is 97.3 Å². The lowest BCUT2D eigenvalue weighted by Crippen LogP contribution is -2.00. The van der Waals surface area contributed by atoms with Crippen molar-refractivity contribution in [3.63, 3.8) is 0 Å². The summed E-state index contributed by atoms with van der Waals surface area (Å²) in [5.41, 5.74) is 1.07. The van der Waals surface area contributed by atoms with Crippen molar-refractivity contribution in [1.82, 2.24) is 0 Å². The van der Waals surface area contributed by atoms with E-state index >= 15 is 0 Å². The van der Waals surface area contributed by atoms with Crippen molar-refractivity contribution >= 4 is 46.8 Å². The van der Waals surface area contributed by atoms with Gasteiger partial charge in [0.05, 0.1) is 4.11 Å². The molecule has 3 rings (SSSR count). The second-order valence-corrected chi connectivity index (χ2v) is 3.58. The van der Waals surface area contributed by atoms with Crippen molar-refractivity contribution in [2.45, 2.75) is 0 Å². The highest BCUT2D eigenvalue weighted by Gasteiger charge is 2.07. The molecule has 1 nitrogen and oxygen atoms in total. The maximum atomic E-state index is 7.85. The Balaban J connectivity index is 2.62. The van der Waals surface area contributed by atoms with Gasteiger partial charge in [0.1, 0.15) is 19.0 Å². The third-order valence-corrected chi connectivity index (χ3v) is 2.49. The van der Waals surface area contributed by atoms with E-state index in [1.165, 1.54) is 12.1 Å². The number of benzene rings is 2. The minimum Gasteiger partial charge on any atom is -0.456 e. The maximum absolute atomic E-state index is 7.85. The number of rotatable bonds is 0. The van der Waals surface area contributed by atoms with Crippen LogP contribution in [0.25, 0.3) is 21.9 Å². The van der Waals surface area contributed by atoms with Gasteiger partial charge in [-0.2, -0.15) is 0 Å². The average molecular weight is 215 g/mol. The van der Waals surface area contributed by atoms with Gasteiger partial charge in [-0.05, 0) is 18.2 Å². The SMILES string of the molecule is [2H]c1cc2c(oc3ccc([2H])c([B])c32)c([2H])c1Cl. The molecule has 2 radical (unpaired) electrons. The van der Waals surface area contributed by atoms with Gasteiger partial charge in [-0.1, -0.05) is 29.2 Å². The summed E-state index contributed by atoms with van der Waals surface area (Å²) >= 11 is 5.85. The Bertz CT molecular complexity index is 797. The molecule has 0 saturated carbocycles.